The van der Waals surface area contributed by atoms with Crippen molar-refractivity contribution < 1.29 is 14.2 Å². The van der Waals surface area contributed by atoms with Gasteiger partial charge in [0.2, 0.25) is 0 Å². The first-order chi connectivity index (χ1) is 9.02. The zero-order valence-corrected chi connectivity index (χ0v) is 11.8. The number of ether oxygens (including phenoxy) is 1. The van der Waals surface area contributed by atoms with Crippen LogP contribution in [0.3, 0.4) is 0 Å². The Morgan fingerprint density at radius 3 is 2.84 bits per heavy atom. The van der Waals surface area contributed by atoms with Crippen LogP contribution in [0.5, 0.6) is 0 Å². The molecule has 2 rings (SSSR count). The molecule has 1 unspecified atom stereocenters. The fourth-order valence-electron chi connectivity index (χ4n) is 2.64. The molecule has 106 valence electrons. The van der Waals surface area contributed by atoms with Crippen LogP contribution in [0.2, 0.25) is 0 Å². The Balaban J connectivity index is 2.34. The van der Waals surface area contributed by atoms with Gasteiger partial charge in [-0.25, -0.2) is 4.39 Å². The van der Waals surface area contributed by atoms with Crippen LogP contribution in [0.25, 0.3) is 0 Å². The lowest BCUT2D eigenvalue weighted by Gasteiger charge is -2.35. The molecule has 0 saturated carbocycles. The largest absolute Gasteiger partial charge is 0.389 e. The Labute approximate surface area is 114 Å². The number of aliphatic hydroxyl groups is 1. The number of methoxy groups -OCH3 is 1. The number of piperidine rings is 1. The Morgan fingerprint density at radius 1 is 1.47 bits per heavy atom. The van der Waals surface area contributed by atoms with Crippen LogP contribution in [0, 0.1) is 12.7 Å². The van der Waals surface area contributed by atoms with Crippen molar-refractivity contribution in [3.63, 3.8) is 0 Å². The molecule has 3 nitrogen and oxygen atoms in total. The predicted molar refractivity (Wildman–Crippen MR) is 74.0 cm³/mol. The lowest BCUT2D eigenvalue weighted by atomic mass is 10.0. The first kappa shape index (κ1) is 14.3. The normalized spacial score (nSPS) is 21.5. The summed E-state index contributed by atoms with van der Waals surface area (Å²) in [5.41, 5.74) is 2.19. The van der Waals surface area contributed by atoms with Crippen molar-refractivity contribution in [2.75, 3.05) is 25.1 Å². The summed E-state index contributed by atoms with van der Waals surface area (Å²) in [6, 6.07) is 3.28. The van der Waals surface area contributed by atoms with E-state index in [1.807, 2.05) is 6.07 Å². The van der Waals surface area contributed by atoms with Gasteiger partial charge in [-0.15, -0.1) is 0 Å². The van der Waals surface area contributed by atoms with Gasteiger partial charge >= 0.3 is 0 Å². The van der Waals surface area contributed by atoms with E-state index in [-0.39, 0.29) is 11.9 Å². The molecule has 1 saturated heterocycles. The van der Waals surface area contributed by atoms with Crippen molar-refractivity contribution in [3.05, 3.63) is 29.1 Å². The third kappa shape index (κ3) is 3.07. The first-order valence-corrected chi connectivity index (χ1v) is 6.78. The summed E-state index contributed by atoms with van der Waals surface area (Å²) in [7, 11) is 1.72. The molecule has 1 heterocycles. The molecule has 0 radical (unpaired) electrons. The number of anilines is 1. The third-order valence-corrected chi connectivity index (χ3v) is 3.81. The van der Waals surface area contributed by atoms with Gasteiger partial charge in [-0.1, -0.05) is 0 Å². The van der Waals surface area contributed by atoms with Gasteiger partial charge in [-0.2, -0.15) is 0 Å². The van der Waals surface area contributed by atoms with E-state index >= 15 is 0 Å². The number of nitrogens with zero attached hydrogens (tertiary/aromatic N) is 1. The molecule has 2 atom stereocenters. The van der Waals surface area contributed by atoms with E-state index in [1.54, 1.807) is 21.0 Å². The van der Waals surface area contributed by atoms with E-state index in [0.717, 1.165) is 31.6 Å². The van der Waals surface area contributed by atoms with Gasteiger partial charge in [-0.05, 0) is 44.4 Å². The Bertz CT molecular complexity index is 448. The average Bonchev–Trinajstić information content (AvgIpc) is 2.41. The minimum absolute atomic E-state index is 0.209. The summed E-state index contributed by atoms with van der Waals surface area (Å²) in [6.07, 6.45) is 1.64. The first-order valence-electron chi connectivity index (χ1n) is 6.78. The van der Waals surface area contributed by atoms with E-state index < -0.39 is 6.10 Å². The molecule has 1 aromatic rings. The molecule has 1 aliphatic rings. The number of hydrogen-bond acceptors (Lipinski definition) is 3. The van der Waals surface area contributed by atoms with Crippen LogP contribution in [-0.4, -0.2) is 31.4 Å². The molecule has 0 amide bonds. The molecule has 4 heteroatoms. The predicted octanol–water partition coefficient (Wildman–Crippen LogP) is 2.80. The SMILES string of the molecule is COC1CCCN(c2cc(C)c(F)cc2[C@H](C)O)C1. The fourth-order valence-corrected chi connectivity index (χ4v) is 2.64. The van der Waals surface area contributed by atoms with Crippen LogP contribution in [-0.2, 0) is 4.74 Å². The van der Waals surface area contributed by atoms with E-state index in [9.17, 15) is 9.50 Å². The highest BCUT2D eigenvalue weighted by molar-refractivity contribution is 5.57. The lowest BCUT2D eigenvalue weighted by molar-refractivity contribution is 0.0891. The van der Waals surface area contributed by atoms with E-state index in [2.05, 4.69) is 4.90 Å². The van der Waals surface area contributed by atoms with Crippen molar-refractivity contribution in [1.29, 1.82) is 0 Å². The second-order valence-corrected chi connectivity index (χ2v) is 5.28. The number of benzene rings is 1. The molecule has 0 aliphatic carbocycles. The average molecular weight is 267 g/mol. The maximum atomic E-state index is 13.7. The summed E-state index contributed by atoms with van der Waals surface area (Å²) >= 11 is 0. The minimum Gasteiger partial charge on any atom is -0.389 e. The van der Waals surface area contributed by atoms with Crippen molar-refractivity contribution in [2.45, 2.75) is 38.9 Å². The lowest BCUT2D eigenvalue weighted by Crippen LogP contribution is -2.39. The van der Waals surface area contributed by atoms with E-state index in [1.165, 1.54) is 6.07 Å². The second-order valence-electron chi connectivity index (χ2n) is 5.28. The van der Waals surface area contributed by atoms with Gasteiger partial charge in [0.05, 0.1) is 12.2 Å². The highest BCUT2D eigenvalue weighted by atomic mass is 19.1. The number of aliphatic hydroxyl groups excluding tert-OH is 1. The zero-order chi connectivity index (χ0) is 14.0. The van der Waals surface area contributed by atoms with Gasteiger partial charge in [0.25, 0.3) is 0 Å². The third-order valence-electron chi connectivity index (χ3n) is 3.81. The van der Waals surface area contributed by atoms with Gasteiger partial charge < -0.3 is 14.7 Å². The molecule has 1 aromatic carbocycles. The van der Waals surface area contributed by atoms with Crippen LogP contribution >= 0.6 is 0 Å². The summed E-state index contributed by atoms with van der Waals surface area (Å²) in [4.78, 5) is 2.19. The zero-order valence-electron chi connectivity index (χ0n) is 11.8. The quantitative estimate of drug-likeness (QED) is 0.914. The van der Waals surface area contributed by atoms with E-state index in [4.69, 9.17) is 4.74 Å². The van der Waals surface area contributed by atoms with Gasteiger partial charge in [0, 0.05) is 31.5 Å². The maximum Gasteiger partial charge on any atom is 0.126 e. The Morgan fingerprint density at radius 2 is 2.21 bits per heavy atom. The Kier molecular flexibility index (Phi) is 4.42. The molecular formula is C15H22FNO2. The van der Waals surface area contributed by atoms with Crippen LogP contribution in [0.1, 0.15) is 37.0 Å². The standard InChI is InChI=1S/C15H22FNO2/c1-10-7-15(13(11(2)18)8-14(10)16)17-6-4-5-12(9-17)19-3/h7-8,11-12,18H,4-6,9H2,1-3H3/t11-,12?/m0/s1. The van der Waals surface area contributed by atoms with Crippen molar-refractivity contribution >= 4 is 5.69 Å². The van der Waals surface area contributed by atoms with Gasteiger partial charge in [0.15, 0.2) is 0 Å². The number of aryl methyl sites for hydroxylation is 1. The fraction of sp³-hybridized carbons (Fsp3) is 0.600. The van der Waals surface area contributed by atoms with E-state index in [0.29, 0.717) is 11.1 Å². The summed E-state index contributed by atoms with van der Waals surface area (Å²) < 4.78 is 19.1. The minimum atomic E-state index is -0.673. The molecule has 0 spiro atoms. The highest BCUT2D eigenvalue weighted by Crippen LogP contribution is 2.31. The highest BCUT2D eigenvalue weighted by Gasteiger charge is 2.23. The monoisotopic (exact) mass is 267 g/mol. The van der Waals surface area contributed by atoms with Crippen LogP contribution in [0.4, 0.5) is 10.1 Å². The van der Waals surface area contributed by atoms with Crippen LogP contribution < -0.4 is 4.90 Å². The van der Waals surface area contributed by atoms with Crippen molar-refractivity contribution in [1.82, 2.24) is 0 Å². The molecular weight excluding hydrogens is 245 g/mol. The van der Waals surface area contributed by atoms with Crippen molar-refractivity contribution in [3.8, 4) is 0 Å². The van der Waals surface area contributed by atoms with Crippen molar-refractivity contribution in [2.24, 2.45) is 0 Å². The Hall–Kier alpha value is -1.13. The molecule has 1 N–H and O–H groups in total. The topological polar surface area (TPSA) is 32.7 Å². The van der Waals surface area contributed by atoms with Gasteiger partial charge in [-0.3, -0.25) is 0 Å². The summed E-state index contributed by atoms with van der Waals surface area (Å²) in [5.74, 6) is -0.264. The number of rotatable bonds is 3. The number of halogens is 1. The second kappa shape index (κ2) is 5.88. The molecule has 1 fully saturated rings. The smallest absolute Gasteiger partial charge is 0.126 e. The van der Waals surface area contributed by atoms with Gasteiger partial charge in [0.1, 0.15) is 5.82 Å². The summed E-state index contributed by atoms with van der Waals surface area (Å²) in [5, 5.41) is 9.85. The molecule has 1 aliphatic heterocycles. The number of hydrogen-bond donors (Lipinski definition) is 1. The maximum absolute atomic E-state index is 13.7. The molecule has 0 bridgehead atoms. The molecule has 0 aromatic heterocycles. The summed E-state index contributed by atoms with van der Waals surface area (Å²) in [6.45, 7) is 5.14. The van der Waals surface area contributed by atoms with Crippen LogP contribution in [0.15, 0.2) is 12.1 Å². The molecule has 19 heavy (non-hydrogen) atoms.